The molecule has 3 aliphatic rings. The molecule has 37 heavy (non-hydrogen) atoms. The summed E-state index contributed by atoms with van der Waals surface area (Å²) in [5.41, 5.74) is -1.60. The highest BCUT2D eigenvalue weighted by Gasteiger charge is 2.53. The number of alkyl halides is 5. The van der Waals surface area contributed by atoms with Crippen molar-refractivity contribution in [2.24, 2.45) is 5.92 Å². The number of ether oxygens (including phenoxy) is 4. The first kappa shape index (κ1) is 25.7. The van der Waals surface area contributed by atoms with E-state index in [1.54, 1.807) is 12.1 Å². The van der Waals surface area contributed by atoms with E-state index in [1.165, 1.54) is 18.1 Å². The topological polar surface area (TPSA) is 70.1 Å². The molecule has 200 valence electrons. The van der Waals surface area contributed by atoms with Crippen LogP contribution in [0, 0.1) is 5.92 Å². The van der Waals surface area contributed by atoms with Gasteiger partial charge in [0.2, 0.25) is 5.92 Å². The maximum atomic E-state index is 13.3. The van der Waals surface area contributed by atoms with E-state index in [4.69, 9.17) is 18.9 Å². The molecule has 1 unspecified atom stereocenters. The van der Waals surface area contributed by atoms with Crippen molar-refractivity contribution >= 4 is 5.91 Å². The summed E-state index contributed by atoms with van der Waals surface area (Å²) in [6, 6.07) is 6.48. The Bertz CT molecular complexity index is 1170. The predicted octanol–water partition coefficient (Wildman–Crippen LogP) is 4.65. The third kappa shape index (κ3) is 4.96. The summed E-state index contributed by atoms with van der Waals surface area (Å²) in [4.78, 5) is 18.9. The summed E-state index contributed by atoms with van der Waals surface area (Å²) in [6.07, 6.45) is -4.38. The van der Waals surface area contributed by atoms with Crippen molar-refractivity contribution in [2.75, 3.05) is 33.6 Å². The number of methoxy groups -OCH3 is 1. The van der Waals surface area contributed by atoms with E-state index in [0.717, 1.165) is 18.3 Å². The fourth-order valence-electron chi connectivity index (χ4n) is 5.08. The molecule has 1 amide bonds. The van der Waals surface area contributed by atoms with Crippen LogP contribution >= 0.6 is 0 Å². The van der Waals surface area contributed by atoms with Crippen LogP contribution in [-0.4, -0.2) is 61.4 Å². The lowest BCUT2D eigenvalue weighted by molar-refractivity contribution is -0.138. The summed E-state index contributed by atoms with van der Waals surface area (Å²) in [7, 11) is 1.41. The van der Waals surface area contributed by atoms with Crippen molar-refractivity contribution in [1.82, 2.24) is 9.88 Å². The van der Waals surface area contributed by atoms with E-state index < -0.39 is 29.4 Å². The summed E-state index contributed by atoms with van der Waals surface area (Å²) in [6.45, 7) is 0.285. The molecule has 0 N–H and O–H groups in total. The number of halogens is 5. The van der Waals surface area contributed by atoms with E-state index >= 15 is 0 Å². The number of hydrogen-bond donors (Lipinski definition) is 0. The molecule has 1 aliphatic carbocycles. The molecular formula is C25H25F5N2O5. The molecule has 7 nitrogen and oxygen atoms in total. The molecule has 1 saturated carbocycles. The molecule has 12 heteroatoms. The van der Waals surface area contributed by atoms with Gasteiger partial charge < -0.3 is 23.8 Å². The van der Waals surface area contributed by atoms with Crippen molar-refractivity contribution in [3.63, 3.8) is 0 Å². The maximum Gasteiger partial charge on any atom is 0.416 e. The zero-order chi connectivity index (χ0) is 26.4. The van der Waals surface area contributed by atoms with E-state index in [0.29, 0.717) is 11.3 Å². The monoisotopic (exact) mass is 528 g/mol. The van der Waals surface area contributed by atoms with Crippen molar-refractivity contribution in [1.29, 1.82) is 0 Å². The smallest absolute Gasteiger partial charge is 0.416 e. The van der Waals surface area contributed by atoms with Gasteiger partial charge >= 0.3 is 6.18 Å². The van der Waals surface area contributed by atoms with Crippen LogP contribution in [0.25, 0.3) is 0 Å². The Morgan fingerprint density at radius 3 is 2.68 bits per heavy atom. The van der Waals surface area contributed by atoms with E-state index in [9.17, 15) is 26.7 Å². The normalized spacial score (nSPS) is 25.4. The van der Waals surface area contributed by atoms with Crippen molar-refractivity contribution in [3.05, 3.63) is 53.3 Å². The average molecular weight is 528 g/mol. The number of fused-ring (bicyclic) bond motifs is 1. The maximum absolute atomic E-state index is 13.3. The third-order valence-corrected chi connectivity index (χ3v) is 7.11. The number of piperidine rings is 1. The number of aromatic nitrogens is 1. The minimum absolute atomic E-state index is 0.0905. The van der Waals surface area contributed by atoms with Gasteiger partial charge in [0, 0.05) is 43.5 Å². The summed E-state index contributed by atoms with van der Waals surface area (Å²) in [5, 5.41) is 0. The number of pyridine rings is 1. The van der Waals surface area contributed by atoms with Gasteiger partial charge in [-0.25, -0.2) is 8.78 Å². The lowest BCUT2D eigenvalue weighted by Gasteiger charge is -2.41. The Balaban J connectivity index is 1.28. The van der Waals surface area contributed by atoms with Gasteiger partial charge in [0.15, 0.2) is 11.5 Å². The number of hydrogen-bond acceptors (Lipinski definition) is 6. The Morgan fingerprint density at radius 1 is 1.19 bits per heavy atom. The second-order valence-electron chi connectivity index (χ2n) is 9.54. The number of nitrogens with zero attached hydrogens (tertiary/aromatic N) is 2. The highest BCUT2D eigenvalue weighted by molar-refractivity contribution is 5.95. The highest BCUT2D eigenvalue weighted by Crippen LogP contribution is 2.44. The minimum Gasteiger partial charge on any atom is -0.493 e. The summed E-state index contributed by atoms with van der Waals surface area (Å²) in [5.74, 6) is -2.57. The second-order valence-corrected chi connectivity index (χ2v) is 9.54. The molecule has 2 atom stereocenters. The van der Waals surface area contributed by atoms with Gasteiger partial charge in [-0.2, -0.15) is 13.2 Å². The van der Waals surface area contributed by atoms with Crippen LogP contribution in [0.5, 0.6) is 11.5 Å². The SMILES string of the molecule is COc1cc(C(=O)N2CC[C@]3(c4cc(C(F)(F)F)ccn4)OCOC3C2)ccc1OCC1CC(F)(F)C1. The number of rotatable bonds is 6. The zero-order valence-electron chi connectivity index (χ0n) is 19.9. The van der Waals surface area contributed by atoms with Crippen LogP contribution in [0.2, 0.25) is 0 Å². The minimum atomic E-state index is -4.53. The fourth-order valence-corrected chi connectivity index (χ4v) is 5.08. The Hall–Kier alpha value is -2.99. The van der Waals surface area contributed by atoms with Gasteiger partial charge in [0.25, 0.3) is 5.91 Å². The molecule has 2 aromatic rings. The Labute approximate surface area is 209 Å². The first-order chi connectivity index (χ1) is 17.5. The quantitative estimate of drug-likeness (QED) is 0.509. The van der Waals surface area contributed by atoms with E-state index in [-0.39, 0.29) is 69.0 Å². The molecule has 3 fully saturated rings. The van der Waals surface area contributed by atoms with Crippen molar-refractivity contribution in [2.45, 2.75) is 43.1 Å². The highest BCUT2D eigenvalue weighted by atomic mass is 19.4. The first-order valence-corrected chi connectivity index (χ1v) is 11.8. The lowest BCUT2D eigenvalue weighted by atomic mass is 9.82. The molecule has 1 aromatic heterocycles. The van der Waals surface area contributed by atoms with Gasteiger partial charge in [-0.3, -0.25) is 9.78 Å². The molecule has 0 radical (unpaired) electrons. The number of amides is 1. The number of benzene rings is 1. The molecule has 2 saturated heterocycles. The van der Waals surface area contributed by atoms with Gasteiger partial charge in [0.05, 0.1) is 31.5 Å². The largest absolute Gasteiger partial charge is 0.493 e. The number of carbonyl (C=O) groups excluding carboxylic acids is 1. The molecule has 5 rings (SSSR count). The fraction of sp³-hybridized carbons (Fsp3) is 0.520. The lowest BCUT2D eigenvalue weighted by Crippen LogP contribution is -2.54. The zero-order valence-corrected chi connectivity index (χ0v) is 19.9. The van der Waals surface area contributed by atoms with E-state index in [1.807, 2.05) is 0 Å². The van der Waals surface area contributed by atoms with Crippen LogP contribution in [0.1, 0.15) is 40.9 Å². The van der Waals surface area contributed by atoms with Gasteiger partial charge in [0.1, 0.15) is 18.5 Å². The van der Waals surface area contributed by atoms with Crippen molar-refractivity contribution < 1.29 is 45.7 Å². The van der Waals surface area contributed by atoms with Crippen LogP contribution in [0.3, 0.4) is 0 Å². The van der Waals surface area contributed by atoms with Crippen LogP contribution in [0.4, 0.5) is 22.0 Å². The van der Waals surface area contributed by atoms with Crippen LogP contribution in [-0.2, 0) is 21.3 Å². The first-order valence-electron chi connectivity index (χ1n) is 11.8. The van der Waals surface area contributed by atoms with Gasteiger partial charge in [-0.05, 0) is 30.3 Å². The standard InChI is InChI=1S/C25H25F5N2O5/c1-34-19-8-16(2-3-18(19)35-13-15-10-23(26,27)11-15)22(33)32-7-5-24(21(12-32)36-14-37-24)20-9-17(4-6-31-20)25(28,29)30/h2-4,6,8-9,15,21H,5,7,10-14H2,1H3/t21?,24-/m1/s1. The van der Waals surface area contributed by atoms with E-state index in [2.05, 4.69) is 4.98 Å². The molecular weight excluding hydrogens is 503 g/mol. The second kappa shape index (κ2) is 9.39. The summed E-state index contributed by atoms with van der Waals surface area (Å²) >= 11 is 0. The third-order valence-electron chi connectivity index (χ3n) is 7.11. The molecule has 3 heterocycles. The number of carbonyl (C=O) groups is 1. The average Bonchev–Trinajstić information content (AvgIpc) is 3.29. The van der Waals surface area contributed by atoms with Gasteiger partial charge in [-0.1, -0.05) is 0 Å². The Morgan fingerprint density at radius 2 is 1.97 bits per heavy atom. The molecule has 0 bridgehead atoms. The number of likely N-dealkylation sites (tertiary alicyclic amines) is 1. The predicted molar refractivity (Wildman–Crippen MR) is 118 cm³/mol. The van der Waals surface area contributed by atoms with Crippen LogP contribution in [0.15, 0.2) is 36.5 Å². The van der Waals surface area contributed by atoms with Crippen molar-refractivity contribution in [3.8, 4) is 11.5 Å². The van der Waals surface area contributed by atoms with Gasteiger partial charge in [-0.15, -0.1) is 0 Å². The Kier molecular flexibility index (Phi) is 6.51. The molecule has 0 spiro atoms. The molecule has 2 aliphatic heterocycles. The van der Waals surface area contributed by atoms with Crippen LogP contribution < -0.4 is 9.47 Å². The molecule has 1 aromatic carbocycles. The summed E-state index contributed by atoms with van der Waals surface area (Å²) < 4.78 is 88.3.